The third-order valence-electron chi connectivity index (χ3n) is 3.23. The van der Waals surface area contributed by atoms with Gasteiger partial charge in [-0.3, -0.25) is 0 Å². The van der Waals surface area contributed by atoms with Crippen molar-refractivity contribution in [1.82, 2.24) is 9.88 Å². The second kappa shape index (κ2) is 2.10. The summed E-state index contributed by atoms with van der Waals surface area (Å²) in [4.78, 5) is 6.76. The fourth-order valence-electron chi connectivity index (χ4n) is 2.49. The van der Waals surface area contributed by atoms with Gasteiger partial charge in [0.15, 0.2) is 0 Å². The largest absolute Gasteiger partial charge is 0.448 e. The Morgan fingerprint density at radius 3 is 2.75 bits per heavy atom. The summed E-state index contributed by atoms with van der Waals surface area (Å²) in [6.07, 6.45) is 5.90. The molecule has 0 unspecified atom stereocenters. The van der Waals surface area contributed by atoms with Gasteiger partial charge >= 0.3 is 0 Å². The number of aromatic nitrogens is 1. The number of nitrogens with zero attached hydrogens (tertiary/aromatic N) is 2. The van der Waals surface area contributed by atoms with Crippen LogP contribution >= 0.6 is 0 Å². The summed E-state index contributed by atoms with van der Waals surface area (Å²) in [5.74, 6) is 0.961. The predicted molar refractivity (Wildman–Crippen MR) is 43.9 cm³/mol. The van der Waals surface area contributed by atoms with Crippen molar-refractivity contribution in [2.45, 2.75) is 18.3 Å². The molecule has 2 aliphatic heterocycles. The second-order valence-electron chi connectivity index (χ2n) is 3.89. The van der Waals surface area contributed by atoms with Crippen LogP contribution in [0.5, 0.6) is 0 Å². The van der Waals surface area contributed by atoms with Crippen LogP contribution < -0.4 is 0 Å². The quantitative estimate of drug-likeness (QED) is 0.620. The van der Waals surface area contributed by atoms with Gasteiger partial charge in [-0.05, 0) is 25.9 Å². The van der Waals surface area contributed by atoms with Crippen LogP contribution in [0.25, 0.3) is 0 Å². The Hall–Kier alpha value is -0.830. The Kier molecular flexibility index (Phi) is 1.17. The van der Waals surface area contributed by atoms with Crippen LogP contribution in [0.15, 0.2) is 16.9 Å². The number of fused-ring (bicyclic) bond motifs is 2. The van der Waals surface area contributed by atoms with Crippen molar-refractivity contribution in [2.75, 3.05) is 19.6 Å². The van der Waals surface area contributed by atoms with Crippen LogP contribution in [0.1, 0.15) is 18.7 Å². The SMILES string of the molecule is c1coc(C23CCN(CC2)C3)n1. The molecule has 0 aliphatic carbocycles. The van der Waals surface area contributed by atoms with E-state index in [2.05, 4.69) is 9.88 Å². The molecule has 2 bridgehead atoms. The molecule has 3 heterocycles. The van der Waals surface area contributed by atoms with E-state index in [1.54, 1.807) is 12.5 Å². The molecule has 2 saturated heterocycles. The number of hydrogen-bond acceptors (Lipinski definition) is 3. The molecule has 12 heavy (non-hydrogen) atoms. The smallest absolute Gasteiger partial charge is 0.201 e. The summed E-state index contributed by atoms with van der Waals surface area (Å²) < 4.78 is 5.40. The zero-order chi connectivity index (χ0) is 8.02. The molecule has 3 nitrogen and oxygen atoms in total. The summed E-state index contributed by atoms with van der Waals surface area (Å²) in [6, 6.07) is 0. The molecule has 0 saturated carbocycles. The molecule has 0 atom stereocenters. The Bertz CT molecular complexity index is 273. The van der Waals surface area contributed by atoms with Crippen LogP contribution in [-0.4, -0.2) is 29.5 Å². The van der Waals surface area contributed by atoms with Crippen molar-refractivity contribution < 1.29 is 4.42 Å². The van der Waals surface area contributed by atoms with Crippen LogP contribution in [0, 0.1) is 0 Å². The van der Waals surface area contributed by atoms with E-state index in [9.17, 15) is 0 Å². The average Bonchev–Trinajstić information content (AvgIpc) is 2.82. The van der Waals surface area contributed by atoms with Crippen LogP contribution in [-0.2, 0) is 5.41 Å². The lowest BCUT2D eigenvalue weighted by molar-refractivity contribution is 0.334. The Morgan fingerprint density at radius 1 is 1.42 bits per heavy atom. The number of piperidine rings is 1. The molecule has 2 aliphatic rings. The summed E-state index contributed by atoms with van der Waals surface area (Å²) in [5.41, 5.74) is 0.281. The molecule has 0 spiro atoms. The Morgan fingerprint density at radius 2 is 2.25 bits per heavy atom. The molecule has 3 heteroatoms. The lowest BCUT2D eigenvalue weighted by Crippen LogP contribution is -2.24. The van der Waals surface area contributed by atoms with Gasteiger partial charge in [0, 0.05) is 6.54 Å². The molecule has 0 radical (unpaired) electrons. The number of oxazole rings is 1. The van der Waals surface area contributed by atoms with Crippen molar-refractivity contribution in [3.63, 3.8) is 0 Å². The summed E-state index contributed by atoms with van der Waals surface area (Å²) in [5, 5.41) is 0. The first-order chi connectivity index (χ1) is 5.89. The predicted octanol–water partition coefficient (Wildman–Crippen LogP) is 1.02. The molecule has 64 valence electrons. The zero-order valence-corrected chi connectivity index (χ0v) is 6.99. The van der Waals surface area contributed by atoms with Gasteiger partial charge in [0.05, 0.1) is 11.6 Å². The second-order valence-corrected chi connectivity index (χ2v) is 3.89. The number of hydrogen-bond donors (Lipinski definition) is 0. The maximum Gasteiger partial charge on any atom is 0.201 e. The third kappa shape index (κ3) is 0.719. The lowest BCUT2D eigenvalue weighted by atomic mass is 9.85. The van der Waals surface area contributed by atoms with E-state index in [1.807, 2.05) is 0 Å². The topological polar surface area (TPSA) is 29.3 Å². The van der Waals surface area contributed by atoms with Crippen molar-refractivity contribution >= 4 is 0 Å². The fourth-order valence-corrected chi connectivity index (χ4v) is 2.49. The summed E-state index contributed by atoms with van der Waals surface area (Å²) >= 11 is 0. The molecule has 1 aromatic heterocycles. The van der Waals surface area contributed by atoms with E-state index in [-0.39, 0.29) is 5.41 Å². The summed E-state index contributed by atoms with van der Waals surface area (Å²) in [6.45, 7) is 3.61. The van der Waals surface area contributed by atoms with E-state index >= 15 is 0 Å². The number of rotatable bonds is 1. The Balaban J connectivity index is 2.01. The molecular formula is C9H12N2O. The highest BCUT2D eigenvalue weighted by Crippen LogP contribution is 2.42. The molecule has 0 N–H and O–H groups in total. The van der Waals surface area contributed by atoms with Gasteiger partial charge in [-0.2, -0.15) is 0 Å². The Labute approximate surface area is 71.4 Å². The normalized spacial score (nSPS) is 39.2. The maximum atomic E-state index is 5.40. The van der Waals surface area contributed by atoms with Crippen LogP contribution in [0.4, 0.5) is 0 Å². The highest BCUT2D eigenvalue weighted by molar-refractivity contribution is 5.14. The average molecular weight is 164 g/mol. The van der Waals surface area contributed by atoms with Gasteiger partial charge in [-0.25, -0.2) is 4.98 Å². The molecule has 1 aromatic rings. The van der Waals surface area contributed by atoms with Crippen molar-refractivity contribution in [2.24, 2.45) is 0 Å². The van der Waals surface area contributed by atoms with Crippen molar-refractivity contribution in [3.05, 3.63) is 18.4 Å². The van der Waals surface area contributed by atoms with Gasteiger partial charge in [0.2, 0.25) is 5.89 Å². The minimum atomic E-state index is 0.281. The van der Waals surface area contributed by atoms with Crippen LogP contribution in [0.2, 0.25) is 0 Å². The molecule has 0 aromatic carbocycles. The van der Waals surface area contributed by atoms with E-state index in [0.29, 0.717) is 0 Å². The monoisotopic (exact) mass is 164 g/mol. The standard InChI is InChI=1S/C9H12N2O/c1-4-11-5-2-9(1,7-11)8-10-3-6-12-8/h3,6H,1-2,4-5,7H2. The minimum Gasteiger partial charge on any atom is -0.448 e. The van der Waals surface area contributed by atoms with Gasteiger partial charge in [-0.15, -0.1) is 0 Å². The molecular weight excluding hydrogens is 152 g/mol. The fraction of sp³-hybridized carbons (Fsp3) is 0.667. The van der Waals surface area contributed by atoms with E-state index in [4.69, 9.17) is 4.42 Å². The van der Waals surface area contributed by atoms with E-state index < -0.39 is 0 Å². The van der Waals surface area contributed by atoms with Crippen molar-refractivity contribution in [3.8, 4) is 0 Å². The molecule has 0 amide bonds. The molecule has 2 fully saturated rings. The van der Waals surface area contributed by atoms with Gasteiger partial charge in [0.25, 0.3) is 0 Å². The maximum absolute atomic E-state index is 5.40. The van der Waals surface area contributed by atoms with Gasteiger partial charge < -0.3 is 9.32 Å². The lowest BCUT2D eigenvalue weighted by Gasteiger charge is -2.20. The zero-order valence-electron chi connectivity index (χ0n) is 6.99. The first-order valence-electron chi connectivity index (χ1n) is 4.51. The summed E-state index contributed by atoms with van der Waals surface area (Å²) in [7, 11) is 0. The van der Waals surface area contributed by atoms with Gasteiger partial charge in [0.1, 0.15) is 6.26 Å². The third-order valence-corrected chi connectivity index (χ3v) is 3.23. The minimum absolute atomic E-state index is 0.281. The first-order valence-corrected chi connectivity index (χ1v) is 4.51. The highest BCUT2D eigenvalue weighted by Gasteiger charge is 2.47. The molecule has 3 rings (SSSR count). The first kappa shape index (κ1) is 6.66. The highest BCUT2D eigenvalue weighted by atomic mass is 16.3. The van der Waals surface area contributed by atoms with Gasteiger partial charge in [-0.1, -0.05) is 0 Å². The van der Waals surface area contributed by atoms with E-state index in [1.165, 1.54) is 25.9 Å². The van der Waals surface area contributed by atoms with Crippen LogP contribution in [0.3, 0.4) is 0 Å². The van der Waals surface area contributed by atoms with Crippen molar-refractivity contribution in [1.29, 1.82) is 0 Å². The van der Waals surface area contributed by atoms with E-state index in [0.717, 1.165) is 12.4 Å².